The van der Waals surface area contributed by atoms with Gasteiger partial charge in [-0.1, -0.05) is 30.9 Å². The fourth-order valence-corrected chi connectivity index (χ4v) is 1.40. The fourth-order valence-electron chi connectivity index (χ4n) is 1.40. The summed E-state index contributed by atoms with van der Waals surface area (Å²) >= 11 is 0. The van der Waals surface area contributed by atoms with E-state index in [1.54, 1.807) is 24.3 Å². The molecule has 84 valence electrons. The van der Waals surface area contributed by atoms with Crippen LogP contribution in [0.4, 0.5) is 11.4 Å². The zero-order valence-corrected chi connectivity index (χ0v) is 9.24. The van der Waals surface area contributed by atoms with Crippen LogP contribution in [0.15, 0.2) is 65.3 Å². The van der Waals surface area contributed by atoms with Gasteiger partial charge in [0.15, 0.2) is 0 Å². The Hall–Kier alpha value is -2.42. The molecule has 0 radical (unpaired) electrons. The SMILES string of the molecule is C=Cc1cc(O)ccc1N=Nc1ccccc1. The van der Waals surface area contributed by atoms with Gasteiger partial charge in [0.2, 0.25) is 0 Å². The Morgan fingerprint density at radius 1 is 1.00 bits per heavy atom. The Balaban J connectivity index is 2.30. The number of phenolic OH excluding ortho intramolecular Hbond substituents is 1. The van der Waals surface area contributed by atoms with E-state index in [-0.39, 0.29) is 5.75 Å². The second-order valence-electron chi connectivity index (χ2n) is 3.48. The van der Waals surface area contributed by atoms with E-state index in [4.69, 9.17) is 0 Å². The molecule has 0 spiro atoms. The lowest BCUT2D eigenvalue weighted by atomic mass is 10.2. The van der Waals surface area contributed by atoms with Crippen LogP contribution in [0.3, 0.4) is 0 Å². The van der Waals surface area contributed by atoms with Gasteiger partial charge >= 0.3 is 0 Å². The molecular formula is C14H12N2O. The molecule has 3 nitrogen and oxygen atoms in total. The lowest BCUT2D eigenvalue weighted by Crippen LogP contribution is -1.73. The summed E-state index contributed by atoms with van der Waals surface area (Å²) in [5.74, 6) is 0.193. The van der Waals surface area contributed by atoms with E-state index in [0.717, 1.165) is 11.3 Å². The van der Waals surface area contributed by atoms with Crippen LogP contribution in [0.2, 0.25) is 0 Å². The molecule has 0 heterocycles. The van der Waals surface area contributed by atoms with Crippen LogP contribution in [-0.2, 0) is 0 Å². The standard InChI is InChI=1S/C14H12N2O/c1-2-11-10-13(17)8-9-14(11)16-15-12-6-4-3-5-7-12/h2-10,17H,1H2. The molecule has 0 bridgehead atoms. The lowest BCUT2D eigenvalue weighted by Gasteiger charge is -1.99. The second-order valence-corrected chi connectivity index (χ2v) is 3.48. The lowest BCUT2D eigenvalue weighted by molar-refractivity contribution is 0.475. The first-order chi connectivity index (χ1) is 8.29. The molecule has 3 heteroatoms. The van der Waals surface area contributed by atoms with Crippen molar-refractivity contribution in [1.82, 2.24) is 0 Å². The highest BCUT2D eigenvalue weighted by atomic mass is 16.3. The second kappa shape index (κ2) is 5.07. The average molecular weight is 224 g/mol. The number of rotatable bonds is 3. The maximum Gasteiger partial charge on any atom is 0.116 e. The van der Waals surface area contributed by atoms with Gasteiger partial charge in [-0.15, -0.1) is 5.11 Å². The first-order valence-electron chi connectivity index (χ1n) is 5.22. The maximum atomic E-state index is 9.33. The molecule has 1 N–H and O–H groups in total. The van der Waals surface area contributed by atoms with Crippen LogP contribution in [-0.4, -0.2) is 5.11 Å². The normalized spacial score (nSPS) is 10.6. The van der Waals surface area contributed by atoms with Crippen LogP contribution in [0.25, 0.3) is 6.08 Å². The van der Waals surface area contributed by atoms with E-state index in [9.17, 15) is 5.11 Å². The molecule has 0 aliphatic rings. The first kappa shape index (κ1) is 11.1. The summed E-state index contributed by atoms with van der Waals surface area (Å²) in [6, 6.07) is 14.4. The molecule has 0 saturated carbocycles. The van der Waals surface area contributed by atoms with Gasteiger partial charge < -0.3 is 5.11 Å². The predicted molar refractivity (Wildman–Crippen MR) is 68.8 cm³/mol. The predicted octanol–water partition coefficient (Wildman–Crippen LogP) is 4.45. The topological polar surface area (TPSA) is 45.0 Å². The van der Waals surface area contributed by atoms with E-state index < -0.39 is 0 Å². The van der Waals surface area contributed by atoms with E-state index in [1.807, 2.05) is 30.3 Å². The highest BCUT2D eigenvalue weighted by Crippen LogP contribution is 2.26. The number of hydrogen-bond acceptors (Lipinski definition) is 3. The third-order valence-electron chi connectivity index (χ3n) is 2.26. The van der Waals surface area contributed by atoms with Crippen molar-refractivity contribution in [2.75, 3.05) is 0 Å². The number of azo groups is 1. The molecule has 0 unspecified atom stereocenters. The van der Waals surface area contributed by atoms with E-state index in [2.05, 4.69) is 16.8 Å². The van der Waals surface area contributed by atoms with Gasteiger partial charge in [-0.2, -0.15) is 5.11 Å². The monoisotopic (exact) mass is 224 g/mol. The highest BCUT2D eigenvalue weighted by Gasteiger charge is 1.99. The van der Waals surface area contributed by atoms with Crippen LogP contribution in [0.5, 0.6) is 5.75 Å². The molecule has 17 heavy (non-hydrogen) atoms. The van der Waals surface area contributed by atoms with E-state index in [1.165, 1.54) is 0 Å². The van der Waals surface area contributed by atoms with Crippen molar-refractivity contribution in [2.45, 2.75) is 0 Å². The molecule has 0 aliphatic heterocycles. The molecule has 0 saturated heterocycles. The Kier molecular flexibility index (Phi) is 3.31. The van der Waals surface area contributed by atoms with Gasteiger partial charge in [-0.3, -0.25) is 0 Å². The van der Waals surface area contributed by atoms with Gasteiger partial charge in [-0.25, -0.2) is 0 Å². The summed E-state index contributed by atoms with van der Waals surface area (Å²) in [5.41, 5.74) is 2.22. The summed E-state index contributed by atoms with van der Waals surface area (Å²) in [7, 11) is 0. The third-order valence-corrected chi connectivity index (χ3v) is 2.26. The van der Waals surface area contributed by atoms with Crippen LogP contribution in [0.1, 0.15) is 5.56 Å². The minimum atomic E-state index is 0.193. The molecule has 0 aliphatic carbocycles. The Bertz CT molecular complexity index is 547. The zero-order valence-electron chi connectivity index (χ0n) is 9.24. The van der Waals surface area contributed by atoms with Gasteiger partial charge in [0.05, 0.1) is 11.4 Å². The van der Waals surface area contributed by atoms with Crippen LogP contribution >= 0.6 is 0 Å². The maximum absolute atomic E-state index is 9.33. The molecule has 2 aromatic carbocycles. The molecule has 0 fully saturated rings. The summed E-state index contributed by atoms with van der Waals surface area (Å²) < 4.78 is 0. The van der Waals surface area contributed by atoms with Crippen molar-refractivity contribution in [3.8, 4) is 5.75 Å². The molecule has 0 atom stereocenters. The molecule has 2 rings (SSSR count). The van der Waals surface area contributed by atoms with Gasteiger partial charge in [-0.05, 0) is 30.3 Å². The van der Waals surface area contributed by atoms with Crippen molar-refractivity contribution < 1.29 is 5.11 Å². The van der Waals surface area contributed by atoms with Crippen LogP contribution in [0, 0.1) is 0 Å². The third kappa shape index (κ3) is 2.78. The quantitative estimate of drug-likeness (QED) is 0.769. The van der Waals surface area contributed by atoms with E-state index >= 15 is 0 Å². The number of benzene rings is 2. The largest absolute Gasteiger partial charge is 0.508 e. The first-order valence-corrected chi connectivity index (χ1v) is 5.22. The zero-order chi connectivity index (χ0) is 12.1. The Morgan fingerprint density at radius 3 is 2.47 bits per heavy atom. The van der Waals surface area contributed by atoms with Crippen molar-refractivity contribution in [3.63, 3.8) is 0 Å². The average Bonchev–Trinajstić information content (AvgIpc) is 2.38. The molecule has 0 aromatic heterocycles. The molecule has 0 amide bonds. The minimum absolute atomic E-state index is 0.193. The summed E-state index contributed by atoms with van der Waals surface area (Å²) in [5, 5.41) is 17.6. The van der Waals surface area contributed by atoms with Crippen molar-refractivity contribution in [1.29, 1.82) is 0 Å². The highest BCUT2D eigenvalue weighted by molar-refractivity contribution is 5.64. The number of aromatic hydroxyl groups is 1. The summed E-state index contributed by atoms with van der Waals surface area (Å²) in [4.78, 5) is 0. The molecular weight excluding hydrogens is 212 g/mol. The van der Waals surface area contributed by atoms with Gasteiger partial charge in [0.1, 0.15) is 5.75 Å². The number of phenols is 1. The van der Waals surface area contributed by atoms with Crippen molar-refractivity contribution in [2.24, 2.45) is 10.2 Å². The van der Waals surface area contributed by atoms with Crippen molar-refractivity contribution >= 4 is 17.5 Å². The number of hydrogen-bond donors (Lipinski definition) is 1. The minimum Gasteiger partial charge on any atom is -0.508 e. The Labute approximate surface area is 99.8 Å². The fraction of sp³-hybridized carbons (Fsp3) is 0. The summed E-state index contributed by atoms with van der Waals surface area (Å²) in [6.45, 7) is 3.67. The van der Waals surface area contributed by atoms with Crippen LogP contribution < -0.4 is 0 Å². The molecule has 2 aromatic rings. The van der Waals surface area contributed by atoms with Gasteiger partial charge in [0, 0.05) is 5.56 Å². The van der Waals surface area contributed by atoms with Gasteiger partial charge in [0.25, 0.3) is 0 Å². The smallest absolute Gasteiger partial charge is 0.116 e. The summed E-state index contributed by atoms with van der Waals surface area (Å²) in [6.07, 6.45) is 1.64. The van der Waals surface area contributed by atoms with Crippen molar-refractivity contribution in [3.05, 3.63) is 60.7 Å². The Morgan fingerprint density at radius 2 is 1.76 bits per heavy atom. The van der Waals surface area contributed by atoms with E-state index in [0.29, 0.717) is 5.69 Å². The number of nitrogens with zero attached hydrogens (tertiary/aromatic N) is 2.